The van der Waals surface area contributed by atoms with Crippen molar-refractivity contribution in [3.63, 3.8) is 0 Å². The first-order valence-corrected chi connectivity index (χ1v) is 10.5. The van der Waals surface area contributed by atoms with Crippen molar-refractivity contribution in [2.24, 2.45) is 0 Å². The molecule has 1 aromatic heterocycles. The van der Waals surface area contributed by atoms with E-state index in [9.17, 15) is 8.42 Å². The maximum atomic E-state index is 13.2. The van der Waals surface area contributed by atoms with Gasteiger partial charge in [-0.1, -0.05) is 28.1 Å². The number of nitrogens with zero attached hydrogens (tertiary/aromatic N) is 2. The SMILES string of the molecule is COc1ccc(CN(Cc2ccncc2)S(=O)(=O)c2ccc(Br)cc2)cc1. The van der Waals surface area contributed by atoms with Gasteiger partial charge in [0.2, 0.25) is 10.0 Å². The van der Waals surface area contributed by atoms with E-state index in [1.807, 2.05) is 36.4 Å². The van der Waals surface area contributed by atoms with Gasteiger partial charge in [-0.15, -0.1) is 0 Å². The highest BCUT2D eigenvalue weighted by Crippen LogP contribution is 2.23. The average Bonchev–Trinajstić information content (AvgIpc) is 2.69. The van der Waals surface area contributed by atoms with Gasteiger partial charge in [0.05, 0.1) is 12.0 Å². The molecule has 0 aliphatic heterocycles. The number of hydrogen-bond acceptors (Lipinski definition) is 4. The minimum Gasteiger partial charge on any atom is -0.497 e. The van der Waals surface area contributed by atoms with Crippen LogP contribution in [0.2, 0.25) is 0 Å². The summed E-state index contributed by atoms with van der Waals surface area (Å²) in [6.45, 7) is 0.512. The zero-order chi connectivity index (χ0) is 19.3. The maximum Gasteiger partial charge on any atom is 0.243 e. The molecule has 0 radical (unpaired) electrons. The van der Waals surface area contributed by atoms with Gasteiger partial charge < -0.3 is 4.74 Å². The molecule has 0 saturated heterocycles. The van der Waals surface area contributed by atoms with Crippen molar-refractivity contribution < 1.29 is 13.2 Å². The Morgan fingerprint density at radius 3 is 2.00 bits per heavy atom. The van der Waals surface area contributed by atoms with E-state index in [0.29, 0.717) is 0 Å². The second-order valence-corrected chi connectivity index (χ2v) is 8.78. The summed E-state index contributed by atoms with van der Waals surface area (Å²) in [5, 5.41) is 0. The van der Waals surface area contributed by atoms with Gasteiger partial charge in [0.25, 0.3) is 0 Å². The van der Waals surface area contributed by atoms with Crippen LogP contribution in [-0.2, 0) is 23.1 Å². The van der Waals surface area contributed by atoms with Crippen LogP contribution in [-0.4, -0.2) is 24.8 Å². The molecule has 0 aliphatic rings. The van der Waals surface area contributed by atoms with Crippen molar-refractivity contribution in [3.8, 4) is 5.75 Å². The maximum absolute atomic E-state index is 13.2. The largest absolute Gasteiger partial charge is 0.497 e. The van der Waals surface area contributed by atoms with Crippen LogP contribution >= 0.6 is 15.9 Å². The Balaban J connectivity index is 1.94. The number of hydrogen-bond donors (Lipinski definition) is 0. The fourth-order valence-electron chi connectivity index (χ4n) is 2.61. The van der Waals surface area contributed by atoms with Gasteiger partial charge in [-0.3, -0.25) is 4.98 Å². The van der Waals surface area contributed by atoms with Gasteiger partial charge in [-0.05, 0) is 59.7 Å². The molecular formula is C20H19BrN2O3S. The summed E-state index contributed by atoms with van der Waals surface area (Å²) >= 11 is 3.34. The lowest BCUT2D eigenvalue weighted by Gasteiger charge is -2.22. The molecule has 0 saturated carbocycles. The van der Waals surface area contributed by atoms with Crippen LogP contribution in [0.15, 0.2) is 82.4 Å². The number of halogens is 1. The van der Waals surface area contributed by atoms with E-state index in [0.717, 1.165) is 21.3 Å². The lowest BCUT2D eigenvalue weighted by atomic mass is 10.2. The van der Waals surface area contributed by atoms with Crippen LogP contribution in [0.3, 0.4) is 0 Å². The van der Waals surface area contributed by atoms with Crippen molar-refractivity contribution >= 4 is 26.0 Å². The van der Waals surface area contributed by atoms with E-state index in [1.165, 1.54) is 4.31 Å². The molecule has 0 spiro atoms. The lowest BCUT2D eigenvalue weighted by molar-refractivity contribution is 0.399. The van der Waals surface area contributed by atoms with Gasteiger partial charge in [0, 0.05) is 30.0 Å². The summed E-state index contributed by atoms with van der Waals surface area (Å²) in [6.07, 6.45) is 3.32. The number of ether oxygens (including phenoxy) is 1. The van der Waals surface area contributed by atoms with E-state index < -0.39 is 10.0 Å². The fraction of sp³-hybridized carbons (Fsp3) is 0.150. The third kappa shape index (κ3) is 4.94. The number of pyridine rings is 1. The first-order valence-electron chi connectivity index (χ1n) is 8.26. The molecule has 7 heteroatoms. The van der Waals surface area contributed by atoms with E-state index in [4.69, 9.17) is 4.74 Å². The van der Waals surface area contributed by atoms with Gasteiger partial charge in [-0.2, -0.15) is 4.31 Å². The zero-order valence-corrected chi connectivity index (χ0v) is 17.2. The molecule has 0 amide bonds. The van der Waals surface area contributed by atoms with E-state index in [-0.39, 0.29) is 18.0 Å². The van der Waals surface area contributed by atoms with Crippen molar-refractivity contribution in [1.82, 2.24) is 9.29 Å². The minimum atomic E-state index is -3.67. The third-order valence-electron chi connectivity index (χ3n) is 4.08. The molecule has 0 aliphatic carbocycles. The number of rotatable bonds is 7. The predicted molar refractivity (Wildman–Crippen MR) is 108 cm³/mol. The Kier molecular flexibility index (Phi) is 6.26. The smallest absolute Gasteiger partial charge is 0.243 e. The first-order chi connectivity index (χ1) is 13.0. The molecule has 5 nitrogen and oxygen atoms in total. The van der Waals surface area contributed by atoms with Crippen molar-refractivity contribution in [3.05, 3.63) is 88.7 Å². The second kappa shape index (κ2) is 8.65. The van der Waals surface area contributed by atoms with E-state index >= 15 is 0 Å². The number of methoxy groups -OCH3 is 1. The second-order valence-electron chi connectivity index (χ2n) is 5.93. The molecule has 0 atom stereocenters. The molecule has 3 aromatic rings. The molecule has 0 bridgehead atoms. The van der Waals surface area contributed by atoms with Gasteiger partial charge in [0.1, 0.15) is 5.75 Å². The standard InChI is InChI=1S/C20H19BrN2O3S/c1-26-19-6-2-16(3-7-19)14-23(15-17-10-12-22-13-11-17)27(24,25)20-8-4-18(21)5-9-20/h2-13H,14-15H2,1H3. The molecule has 1 heterocycles. The summed E-state index contributed by atoms with van der Waals surface area (Å²) in [6, 6.07) is 17.7. The lowest BCUT2D eigenvalue weighted by Crippen LogP contribution is -2.30. The predicted octanol–water partition coefficient (Wildman–Crippen LogP) is 4.24. The van der Waals surface area contributed by atoms with E-state index in [2.05, 4.69) is 20.9 Å². The monoisotopic (exact) mass is 446 g/mol. The summed E-state index contributed by atoms with van der Waals surface area (Å²) in [4.78, 5) is 4.26. The Morgan fingerprint density at radius 2 is 1.44 bits per heavy atom. The highest BCUT2D eigenvalue weighted by molar-refractivity contribution is 9.10. The van der Waals surface area contributed by atoms with Gasteiger partial charge in [0.15, 0.2) is 0 Å². The van der Waals surface area contributed by atoms with Crippen molar-refractivity contribution in [2.45, 2.75) is 18.0 Å². The molecule has 0 N–H and O–H groups in total. The number of aromatic nitrogens is 1. The van der Waals surface area contributed by atoms with Crippen molar-refractivity contribution in [1.29, 1.82) is 0 Å². The van der Waals surface area contributed by atoms with Crippen LogP contribution in [0, 0.1) is 0 Å². The van der Waals surface area contributed by atoms with Gasteiger partial charge in [-0.25, -0.2) is 8.42 Å². The molecule has 140 valence electrons. The number of sulfonamides is 1. The number of benzene rings is 2. The Hall–Kier alpha value is -2.22. The molecule has 0 unspecified atom stereocenters. The van der Waals surface area contributed by atoms with E-state index in [1.54, 1.807) is 43.8 Å². The summed E-state index contributed by atoms with van der Waals surface area (Å²) in [7, 11) is -2.07. The fourth-order valence-corrected chi connectivity index (χ4v) is 4.29. The molecule has 27 heavy (non-hydrogen) atoms. The van der Waals surface area contributed by atoms with Crippen LogP contribution < -0.4 is 4.74 Å². The van der Waals surface area contributed by atoms with Crippen LogP contribution in [0.25, 0.3) is 0 Å². The minimum absolute atomic E-state index is 0.255. The molecule has 2 aromatic carbocycles. The summed E-state index contributed by atoms with van der Waals surface area (Å²) in [5.74, 6) is 0.732. The van der Waals surface area contributed by atoms with Crippen LogP contribution in [0.5, 0.6) is 5.75 Å². The highest BCUT2D eigenvalue weighted by Gasteiger charge is 2.25. The topological polar surface area (TPSA) is 59.5 Å². The molecular weight excluding hydrogens is 428 g/mol. The normalized spacial score (nSPS) is 11.5. The quantitative estimate of drug-likeness (QED) is 0.544. The average molecular weight is 447 g/mol. The van der Waals surface area contributed by atoms with Gasteiger partial charge >= 0.3 is 0 Å². The summed E-state index contributed by atoms with van der Waals surface area (Å²) in [5.41, 5.74) is 1.75. The Morgan fingerprint density at radius 1 is 0.889 bits per heavy atom. The first kappa shape index (κ1) is 19.5. The zero-order valence-electron chi connectivity index (χ0n) is 14.7. The third-order valence-corrected chi connectivity index (χ3v) is 6.41. The highest BCUT2D eigenvalue weighted by atomic mass is 79.9. The summed E-state index contributed by atoms with van der Waals surface area (Å²) < 4.78 is 34.0. The molecule has 0 fully saturated rings. The Labute approximate surface area is 167 Å². The van der Waals surface area contributed by atoms with Crippen LogP contribution in [0.1, 0.15) is 11.1 Å². The Bertz CT molecular complexity index is 976. The van der Waals surface area contributed by atoms with Crippen LogP contribution in [0.4, 0.5) is 0 Å². The molecule has 3 rings (SSSR count). The van der Waals surface area contributed by atoms with Crippen molar-refractivity contribution in [2.75, 3.05) is 7.11 Å².